The first kappa shape index (κ1) is 20.7. The normalized spacial score (nSPS) is 12.2. The van der Waals surface area contributed by atoms with Gasteiger partial charge in [0.05, 0.1) is 5.41 Å². The molecule has 1 aromatic carbocycles. The summed E-state index contributed by atoms with van der Waals surface area (Å²) in [5.41, 5.74) is -0.0481. The number of carboxylic acid groups (broad SMARTS) is 1. The molecular formula is C18H22N2O6S. The van der Waals surface area contributed by atoms with Gasteiger partial charge in [-0.2, -0.15) is 0 Å². The summed E-state index contributed by atoms with van der Waals surface area (Å²) in [6, 6.07) is 7.55. The van der Waals surface area contributed by atoms with Gasteiger partial charge in [0.15, 0.2) is 5.76 Å². The van der Waals surface area contributed by atoms with Crippen LogP contribution in [0.3, 0.4) is 0 Å². The highest BCUT2D eigenvalue weighted by molar-refractivity contribution is 7.89. The minimum Gasteiger partial charge on any atom is -0.481 e. The van der Waals surface area contributed by atoms with Crippen LogP contribution in [0.15, 0.2) is 39.6 Å². The number of carbonyl (C=O) groups excluding carboxylic acids is 1. The Labute approximate surface area is 157 Å². The van der Waals surface area contributed by atoms with Crippen molar-refractivity contribution in [2.24, 2.45) is 0 Å². The Hall–Kier alpha value is -2.65. The van der Waals surface area contributed by atoms with E-state index in [0.29, 0.717) is 11.3 Å². The largest absolute Gasteiger partial charge is 0.481 e. The molecule has 1 aromatic heterocycles. The summed E-state index contributed by atoms with van der Waals surface area (Å²) in [6.07, 6.45) is 0. The van der Waals surface area contributed by atoms with Crippen molar-refractivity contribution in [1.29, 1.82) is 0 Å². The molecule has 0 unspecified atom stereocenters. The minimum absolute atomic E-state index is 0.0730. The Morgan fingerprint density at radius 1 is 1.15 bits per heavy atom. The predicted octanol–water partition coefficient (Wildman–Crippen LogP) is 2.45. The SMILES string of the molecule is Cc1oc(C(=O)Nc2ccc(C(C)(C)C(=O)O)cc2)cc1S(=O)(=O)N(C)C. The van der Waals surface area contributed by atoms with Gasteiger partial charge in [-0.05, 0) is 38.5 Å². The van der Waals surface area contributed by atoms with Gasteiger partial charge in [-0.3, -0.25) is 9.59 Å². The summed E-state index contributed by atoms with van der Waals surface area (Å²) in [7, 11) is -0.938. The van der Waals surface area contributed by atoms with E-state index < -0.39 is 27.3 Å². The number of anilines is 1. The molecule has 9 heteroatoms. The average Bonchev–Trinajstić information content (AvgIpc) is 2.97. The summed E-state index contributed by atoms with van der Waals surface area (Å²) >= 11 is 0. The van der Waals surface area contributed by atoms with Gasteiger partial charge < -0.3 is 14.8 Å². The molecule has 0 spiro atoms. The lowest BCUT2D eigenvalue weighted by molar-refractivity contribution is -0.142. The number of amides is 1. The number of carboxylic acids is 1. The zero-order chi connectivity index (χ0) is 20.6. The van der Waals surface area contributed by atoms with E-state index in [1.54, 1.807) is 38.1 Å². The maximum atomic E-state index is 12.4. The standard InChI is InChI=1S/C18H22N2O6S/c1-11-15(27(24,25)20(4)5)10-14(26-11)16(21)19-13-8-6-12(7-9-13)18(2,3)17(22)23/h6-10H,1-5H3,(H,19,21)(H,22,23). The molecule has 0 fully saturated rings. The third-order valence-corrected chi connectivity index (χ3v) is 6.18. The van der Waals surface area contributed by atoms with E-state index in [-0.39, 0.29) is 16.4 Å². The summed E-state index contributed by atoms with van der Waals surface area (Å²) in [5.74, 6) is -1.58. The number of rotatable bonds is 6. The second kappa shape index (κ2) is 7.16. The molecule has 2 aromatic rings. The van der Waals surface area contributed by atoms with E-state index in [4.69, 9.17) is 4.42 Å². The lowest BCUT2D eigenvalue weighted by atomic mass is 9.85. The highest BCUT2D eigenvalue weighted by atomic mass is 32.2. The van der Waals surface area contributed by atoms with Crippen molar-refractivity contribution in [1.82, 2.24) is 4.31 Å². The Morgan fingerprint density at radius 3 is 2.19 bits per heavy atom. The number of hydrogen-bond acceptors (Lipinski definition) is 5. The minimum atomic E-state index is -3.72. The molecule has 0 aliphatic rings. The topological polar surface area (TPSA) is 117 Å². The number of sulfonamides is 1. The Bertz CT molecular complexity index is 972. The molecule has 0 saturated carbocycles. The van der Waals surface area contributed by atoms with Crippen molar-refractivity contribution in [3.05, 3.63) is 47.4 Å². The molecule has 0 radical (unpaired) electrons. The van der Waals surface area contributed by atoms with Crippen LogP contribution in [-0.2, 0) is 20.2 Å². The van der Waals surface area contributed by atoms with Gasteiger partial charge in [-0.15, -0.1) is 0 Å². The van der Waals surface area contributed by atoms with E-state index in [1.165, 1.54) is 27.1 Å². The third kappa shape index (κ3) is 4.04. The van der Waals surface area contributed by atoms with Crippen LogP contribution >= 0.6 is 0 Å². The van der Waals surface area contributed by atoms with Crippen LogP contribution in [0.2, 0.25) is 0 Å². The molecule has 1 heterocycles. The van der Waals surface area contributed by atoms with Crippen LogP contribution in [0.25, 0.3) is 0 Å². The fourth-order valence-electron chi connectivity index (χ4n) is 2.32. The van der Waals surface area contributed by atoms with Crippen molar-refractivity contribution in [3.8, 4) is 0 Å². The Morgan fingerprint density at radius 2 is 1.70 bits per heavy atom. The van der Waals surface area contributed by atoms with Crippen LogP contribution in [0.5, 0.6) is 0 Å². The summed E-state index contributed by atoms with van der Waals surface area (Å²) in [6.45, 7) is 4.64. The van der Waals surface area contributed by atoms with Crippen LogP contribution < -0.4 is 5.32 Å². The average molecular weight is 394 g/mol. The first-order chi connectivity index (χ1) is 12.4. The lowest BCUT2D eigenvalue weighted by Crippen LogP contribution is -2.28. The summed E-state index contributed by atoms with van der Waals surface area (Å²) in [4.78, 5) is 23.6. The van der Waals surface area contributed by atoms with E-state index in [2.05, 4.69) is 5.32 Å². The zero-order valence-electron chi connectivity index (χ0n) is 15.7. The molecule has 0 saturated heterocycles. The lowest BCUT2D eigenvalue weighted by Gasteiger charge is -2.19. The van der Waals surface area contributed by atoms with E-state index in [0.717, 1.165) is 4.31 Å². The smallest absolute Gasteiger partial charge is 0.313 e. The van der Waals surface area contributed by atoms with Crippen molar-refractivity contribution in [2.45, 2.75) is 31.1 Å². The molecule has 0 aliphatic carbocycles. The number of carbonyl (C=O) groups is 2. The number of furan rings is 1. The second-order valence-electron chi connectivity index (χ2n) is 6.78. The van der Waals surface area contributed by atoms with Crippen LogP contribution in [0.1, 0.15) is 35.7 Å². The molecule has 2 N–H and O–H groups in total. The van der Waals surface area contributed by atoms with E-state index in [9.17, 15) is 23.1 Å². The van der Waals surface area contributed by atoms with Gasteiger partial charge >= 0.3 is 5.97 Å². The van der Waals surface area contributed by atoms with Gasteiger partial charge in [-0.1, -0.05) is 12.1 Å². The Balaban J connectivity index is 2.23. The summed E-state index contributed by atoms with van der Waals surface area (Å²) in [5, 5.41) is 11.9. The number of hydrogen-bond donors (Lipinski definition) is 2. The maximum Gasteiger partial charge on any atom is 0.313 e. The molecule has 1 amide bonds. The van der Waals surface area contributed by atoms with Gasteiger partial charge in [0, 0.05) is 25.8 Å². The first-order valence-corrected chi connectivity index (χ1v) is 9.49. The van der Waals surface area contributed by atoms with Crippen molar-refractivity contribution in [3.63, 3.8) is 0 Å². The van der Waals surface area contributed by atoms with Gasteiger partial charge in [0.2, 0.25) is 10.0 Å². The highest BCUT2D eigenvalue weighted by Crippen LogP contribution is 2.26. The van der Waals surface area contributed by atoms with Gasteiger partial charge in [0.1, 0.15) is 10.7 Å². The number of benzene rings is 1. The molecular weight excluding hydrogens is 372 g/mol. The van der Waals surface area contributed by atoms with Gasteiger partial charge in [0.25, 0.3) is 5.91 Å². The van der Waals surface area contributed by atoms with Crippen molar-refractivity contribution in [2.75, 3.05) is 19.4 Å². The molecule has 0 aliphatic heterocycles. The first-order valence-electron chi connectivity index (χ1n) is 8.05. The van der Waals surface area contributed by atoms with Crippen molar-refractivity contribution >= 4 is 27.6 Å². The maximum absolute atomic E-state index is 12.4. The zero-order valence-corrected chi connectivity index (χ0v) is 16.5. The second-order valence-corrected chi connectivity index (χ2v) is 8.90. The van der Waals surface area contributed by atoms with Gasteiger partial charge in [-0.25, -0.2) is 12.7 Å². The molecule has 146 valence electrons. The number of aryl methyl sites for hydroxylation is 1. The quantitative estimate of drug-likeness (QED) is 0.777. The number of nitrogens with one attached hydrogen (secondary N) is 1. The molecule has 0 atom stereocenters. The Kier molecular flexibility index (Phi) is 5.48. The van der Waals surface area contributed by atoms with E-state index >= 15 is 0 Å². The third-order valence-electron chi connectivity index (χ3n) is 4.25. The molecule has 27 heavy (non-hydrogen) atoms. The number of aliphatic carboxylic acids is 1. The fraction of sp³-hybridized carbons (Fsp3) is 0.333. The molecule has 0 bridgehead atoms. The number of nitrogens with zero attached hydrogens (tertiary/aromatic N) is 1. The predicted molar refractivity (Wildman–Crippen MR) is 99.4 cm³/mol. The van der Waals surface area contributed by atoms with Crippen LogP contribution in [-0.4, -0.2) is 43.8 Å². The monoisotopic (exact) mass is 394 g/mol. The van der Waals surface area contributed by atoms with E-state index in [1.807, 2.05) is 0 Å². The van der Waals surface area contributed by atoms with Crippen LogP contribution in [0.4, 0.5) is 5.69 Å². The summed E-state index contributed by atoms with van der Waals surface area (Å²) < 4.78 is 30.8. The fourth-order valence-corrected chi connectivity index (χ4v) is 3.37. The molecule has 2 rings (SSSR count). The van der Waals surface area contributed by atoms with Crippen molar-refractivity contribution < 1.29 is 27.5 Å². The molecule has 8 nitrogen and oxygen atoms in total. The highest BCUT2D eigenvalue weighted by Gasteiger charge is 2.29. The van der Waals surface area contributed by atoms with Crippen LogP contribution in [0, 0.1) is 6.92 Å².